The summed E-state index contributed by atoms with van der Waals surface area (Å²) in [7, 11) is 1.45. The van der Waals surface area contributed by atoms with Crippen LogP contribution in [0, 0.1) is 11.6 Å². The van der Waals surface area contributed by atoms with Crippen molar-refractivity contribution in [3.05, 3.63) is 59.7 Å². The van der Waals surface area contributed by atoms with Crippen LogP contribution in [0.1, 0.15) is 18.4 Å². The molecule has 1 heterocycles. The number of ether oxygens (including phenoxy) is 1. The molecule has 39 heavy (non-hydrogen) atoms. The van der Waals surface area contributed by atoms with Crippen LogP contribution in [0.25, 0.3) is 0 Å². The van der Waals surface area contributed by atoms with Crippen LogP contribution in [0.15, 0.2) is 42.5 Å². The van der Waals surface area contributed by atoms with E-state index in [1.54, 1.807) is 24.3 Å². The molecule has 212 valence electrons. The molecule has 2 atom stereocenters. The molecule has 0 bridgehead atoms. The van der Waals surface area contributed by atoms with Crippen LogP contribution in [0.2, 0.25) is 0 Å². The quantitative estimate of drug-likeness (QED) is 0.474. The zero-order valence-corrected chi connectivity index (χ0v) is 22.8. The highest BCUT2D eigenvalue weighted by atomic mass is 32.2. The number of halogens is 2. The molecule has 2 aromatic rings. The van der Waals surface area contributed by atoms with E-state index in [1.807, 2.05) is 4.72 Å². The Hall–Kier alpha value is -3.78. The molecule has 1 aliphatic heterocycles. The van der Waals surface area contributed by atoms with Crippen LogP contribution in [-0.2, 0) is 26.2 Å². The number of nitrogens with one attached hydrogen (secondary N) is 2. The molecule has 1 unspecified atom stereocenters. The number of anilines is 1. The summed E-state index contributed by atoms with van der Waals surface area (Å²) in [5, 5.41) is 2.31. The van der Waals surface area contributed by atoms with Gasteiger partial charge in [0.05, 0.1) is 7.11 Å². The second kappa shape index (κ2) is 12.4. The van der Waals surface area contributed by atoms with Gasteiger partial charge >= 0.3 is 16.2 Å². The number of rotatable bonds is 9. The van der Waals surface area contributed by atoms with Crippen molar-refractivity contribution in [1.82, 2.24) is 19.2 Å². The minimum absolute atomic E-state index is 0.0258. The predicted octanol–water partition coefficient (Wildman–Crippen LogP) is 1.64. The summed E-state index contributed by atoms with van der Waals surface area (Å²) in [6, 6.07) is 5.47. The van der Waals surface area contributed by atoms with E-state index in [1.165, 1.54) is 38.1 Å². The number of carbonyl (C=O) groups excluding carboxylic acids is 3. The van der Waals surface area contributed by atoms with Gasteiger partial charge in [-0.15, -0.1) is 0 Å². The van der Waals surface area contributed by atoms with Crippen molar-refractivity contribution < 1.29 is 36.3 Å². The summed E-state index contributed by atoms with van der Waals surface area (Å²) in [6.45, 7) is 0.0258. The van der Waals surface area contributed by atoms with Gasteiger partial charge in [-0.05, 0) is 54.8 Å². The maximum atomic E-state index is 13.8. The van der Waals surface area contributed by atoms with Crippen LogP contribution in [0.5, 0.6) is 5.75 Å². The second-order valence-electron chi connectivity index (χ2n) is 9.21. The third-order valence-corrected chi connectivity index (χ3v) is 7.71. The van der Waals surface area contributed by atoms with E-state index < -0.39 is 51.8 Å². The summed E-state index contributed by atoms with van der Waals surface area (Å²) >= 11 is 0. The van der Waals surface area contributed by atoms with E-state index in [0.29, 0.717) is 30.3 Å². The minimum Gasteiger partial charge on any atom is -0.497 e. The molecule has 11 nitrogen and oxygen atoms in total. The van der Waals surface area contributed by atoms with Crippen molar-refractivity contribution in [2.75, 3.05) is 39.7 Å². The fraction of sp³-hybridized carbons (Fsp3) is 0.400. The lowest BCUT2D eigenvalue weighted by atomic mass is 10.0. The maximum absolute atomic E-state index is 13.8. The van der Waals surface area contributed by atoms with E-state index in [4.69, 9.17) is 4.74 Å². The van der Waals surface area contributed by atoms with Crippen LogP contribution in [0.3, 0.4) is 0 Å². The molecule has 4 amide bonds. The highest BCUT2D eigenvalue weighted by Crippen LogP contribution is 2.22. The van der Waals surface area contributed by atoms with E-state index in [0.717, 1.165) is 16.4 Å². The van der Waals surface area contributed by atoms with Gasteiger partial charge < -0.3 is 19.9 Å². The Kier molecular flexibility index (Phi) is 9.45. The van der Waals surface area contributed by atoms with Gasteiger partial charge in [0, 0.05) is 45.9 Å². The van der Waals surface area contributed by atoms with Gasteiger partial charge in [0.2, 0.25) is 11.8 Å². The van der Waals surface area contributed by atoms with Crippen LogP contribution < -0.4 is 19.7 Å². The number of hydrogen-bond acceptors (Lipinski definition) is 6. The van der Waals surface area contributed by atoms with E-state index >= 15 is 0 Å². The standard InChI is InChI=1S/C25H31F2N5O6S/c1-30(2)24(34)22-6-5-11-32(22)39(36,37)29-25(35)28-21(14-16-12-17(26)15-18(27)13-16)23(33)31(3)19-7-9-20(38-4)10-8-19/h7-10,12-13,15,21-22H,5-6,11,14H2,1-4H3,(H2,28,29,35)/t21-,22?/m0/s1. The number of benzene rings is 2. The van der Waals surface area contributed by atoms with Crippen molar-refractivity contribution in [2.45, 2.75) is 31.3 Å². The molecule has 0 aliphatic carbocycles. The first-order valence-electron chi connectivity index (χ1n) is 12.0. The molecular formula is C25H31F2N5O6S. The summed E-state index contributed by atoms with van der Waals surface area (Å²) in [5.41, 5.74) is 0.487. The highest BCUT2D eigenvalue weighted by molar-refractivity contribution is 7.87. The first-order valence-corrected chi connectivity index (χ1v) is 13.4. The van der Waals surface area contributed by atoms with Crippen molar-refractivity contribution >= 4 is 33.7 Å². The van der Waals surface area contributed by atoms with Gasteiger partial charge in [0.25, 0.3) is 0 Å². The van der Waals surface area contributed by atoms with Crippen LogP contribution in [0.4, 0.5) is 19.3 Å². The first kappa shape index (κ1) is 29.8. The van der Waals surface area contributed by atoms with Gasteiger partial charge in [0.1, 0.15) is 29.5 Å². The topological polar surface area (TPSA) is 128 Å². The monoisotopic (exact) mass is 567 g/mol. The Labute approximate surface area is 225 Å². The Balaban J connectivity index is 1.83. The van der Waals surface area contributed by atoms with E-state index in [-0.39, 0.29) is 18.5 Å². The molecule has 1 saturated heterocycles. The predicted molar refractivity (Wildman–Crippen MR) is 139 cm³/mol. The third-order valence-electron chi connectivity index (χ3n) is 6.22. The third kappa shape index (κ3) is 7.41. The van der Waals surface area contributed by atoms with Gasteiger partial charge in [0.15, 0.2) is 0 Å². The average molecular weight is 568 g/mol. The lowest BCUT2D eigenvalue weighted by Gasteiger charge is -2.27. The summed E-state index contributed by atoms with van der Waals surface area (Å²) in [5.74, 6) is -2.32. The maximum Gasteiger partial charge on any atom is 0.330 e. The van der Waals surface area contributed by atoms with Crippen molar-refractivity contribution in [1.29, 1.82) is 0 Å². The zero-order chi connectivity index (χ0) is 28.9. The number of amides is 4. The molecule has 0 radical (unpaired) electrons. The molecule has 1 aliphatic rings. The second-order valence-corrected chi connectivity index (χ2v) is 10.8. The summed E-state index contributed by atoms with van der Waals surface area (Å²) in [6.07, 6.45) is 0.372. The first-order chi connectivity index (χ1) is 18.3. The molecule has 0 spiro atoms. The largest absolute Gasteiger partial charge is 0.497 e. The molecule has 0 aromatic heterocycles. The van der Waals surface area contributed by atoms with Crippen LogP contribution >= 0.6 is 0 Å². The molecule has 1 fully saturated rings. The van der Waals surface area contributed by atoms with Gasteiger partial charge in [-0.2, -0.15) is 12.7 Å². The van der Waals surface area contributed by atoms with Crippen molar-refractivity contribution in [3.8, 4) is 5.75 Å². The molecule has 2 aromatic carbocycles. The van der Waals surface area contributed by atoms with E-state index in [9.17, 15) is 31.6 Å². The fourth-order valence-electron chi connectivity index (χ4n) is 4.27. The highest BCUT2D eigenvalue weighted by Gasteiger charge is 2.40. The Morgan fingerprint density at radius 1 is 1.08 bits per heavy atom. The number of methoxy groups -OCH3 is 1. The molecule has 2 N–H and O–H groups in total. The molecular weight excluding hydrogens is 536 g/mol. The number of hydrogen-bond donors (Lipinski definition) is 2. The SMILES string of the molecule is COc1ccc(N(C)C(=O)[C@H](Cc2cc(F)cc(F)c2)NC(=O)NS(=O)(=O)N2CCCC2C(=O)N(C)C)cc1. The lowest BCUT2D eigenvalue weighted by molar-refractivity contribution is -0.132. The molecule has 3 rings (SSSR count). The van der Waals surface area contributed by atoms with Gasteiger partial charge in [-0.3, -0.25) is 9.59 Å². The molecule has 0 saturated carbocycles. The zero-order valence-electron chi connectivity index (χ0n) is 22.0. The summed E-state index contributed by atoms with van der Waals surface area (Å²) < 4.78 is 61.5. The Morgan fingerprint density at radius 3 is 2.26 bits per heavy atom. The Bertz CT molecular complexity index is 1300. The normalized spacial score (nSPS) is 16.3. The summed E-state index contributed by atoms with van der Waals surface area (Å²) in [4.78, 5) is 41.2. The van der Waals surface area contributed by atoms with Gasteiger partial charge in [-0.25, -0.2) is 18.3 Å². The number of likely N-dealkylation sites (N-methyl/N-ethyl adjacent to an activating group) is 2. The average Bonchev–Trinajstić information content (AvgIpc) is 3.37. The lowest BCUT2D eigenvalue weighted by Crippen LogP contribution is -2.56. The minimum atomic E-state index is -4.46. The Morgan fingerprint density at radius 2 is 1.69 bits per heavy atom. The molecule has 14 heteroatoms. The number of nitrogens with zero attached hydrogens (tertiary/aromatic N) is 3. The number of carbonyl (C=O) groups is 3. The van der Waals surface area contributed by atoms with Gasteiger partial charge in [-0.1, -0.05) is 0 Å². The van der Waals surface area contributed by atoms with Crippen molar-refractivity contribution in [3.63, 3.8) is 0 Å². The van der Waals surface area contributed by atoms with Crippen molar-refractivity contribution in [2.24, 2.45) is 0 Å². The fourth-order valence-corrected chi connectivity index (χ4v) is 5.58. The van der Waals surface area contributed by atoms with E-state index in [2.05, 4.69) is 5.32 Å². The van der Waals surface area contributed by atoms with Crippen LogP contribution in [-0.4, -0.2) is 82.3 Å². The smallest absolute Gasteiger partial charge is 0.330 e. The number of urea groups is 1.